The van der Waals surface area contributed by atoms with Crippen molar-refractivity contribution >= 4 is 21.7 Å². The summed E-state index contributed by atoms with van der Waals surface area (Å²) in [6.45, 7) is -0.495. The molecule has 9 heteroatoms. The molecule has 0 aliphatic heterocycles. The minimum absolute atomic E-state index is 0.00127. The molecule has 0 unspecified atom stereocenters. The van der Waals surface area contributed by atoms with E-state index >= 15 is 0 Å². The third kappa shape index (κ3) is 3.48. The number of sulfonamides is 1. The number of carboxylic acids is 1. The Labute approximate surface area is 114 Å². The molecule has 0 saturated carbocycles. The highest BCUT2D eigenvalue weighted by molar-refractivity contribution is 7.92. The smallest absolute Gasteiger partial charge is 0.341 e. The van der Waals surface area contributed by atoms with Crippen LogP contribution in [-0.4, -0.2) is 31.3 Å². The lowest BCUT2D eigenvalue weighted by molar-refractivity contribution is -0.139. The summed E-state index contributed by atoms with van der Waals surface area (Å²) in [5, 5.41) is 11.8. The van der Waals surface area contributed by atoms with Crippen LogP contribution >= 0.6 is 0 Å². The van der Waals surface area contributed by atoms with E-state index in [-0.39, 0.29) is 16.3 Å². The average Bonchev–Trinajstić information content (AvgIpc) is 2.89. The largest absolute Gasteiger partial charge is 0.482 e. The molecular weight excluding hydrogens is 288 g/mol. The number of benzene rings is 1. The van der Waals surface area contributed by atoms with Crippen molar-refractivity contribution in [2.24, 2.45) is 0 Å². The van der Waals surface area contributed by atoms with Crippen LogP contribution in [0.15, 0.2) is 46.1 Å². The zero-order valence-corrected chi connectivity index (χ0v) is 10.8. The molecule has 2 N–H and O–H groups in total. The minimum atomic E-state index is -3.75. The first-order valence-corrected chi connectivity index (χ1v) is 6.82. The zero-order valence-electron chi connectivity index (χ0n) is 10.0. The molecule has 1 aromatic heterocycles. The van der Waals surface area contributed by atoms with Crippen molar-refractivity contribution in [3.8, 4) is 5.75 Å². The number of hydrogen-bond donors (Lipinski definition) is 2. The molecule has 0 atom stereocenters. The first kappa shape index (κ1) is 13.9. The molecule has 0 radical (unpaired) electrons. The van der Waals surface area contributed by atoms with Gasteiger partial charge in [0.05, 0.1) is 11.1 Å². The number of hydrogen-bond acceptors (Lipinski definition) is 6. The molecule has 106 valence electrons. The predicted molar refractivity (Wildman–Crippen MR) is 66.9 cm³/mol. The number of nitrogens with zero attached hydrogens (tertiary/aromatic N) is 1. The van der Waals surface area contributed by atoms with Gasteiger partial charge in [-0.25, -0.2) is 13.2 Å². The van der Waals surface area contributed by atoms with Gasteiger partial charge < -0.3 is 14.4 Å². The van der Waals surface area contributed by atoms with E-state index < -0.39 is 22.6 Å². The maximum atomic E-state index is 12.0. The van der Waals surface area contributed by atoms with Gasteiger partial charge in [0.1, 0.15) is 17.7 Å². The molecule has 0 bridgehead atoms. The summed E-state index contributed by atoms with van der Waals surface area (Å²) in [6.07, 6.45) is 2.38. The second-order valence-corrected chi connectivity index (χ2v) is 5.35. The number of rotatable bonds is 6. The number of carboxylic acid groups (broad SMARTS) is 1. The van der Waals surface area contributed by atoms with Crippen LogP contribution in [0.4, 0.5) is 5.69 Å². The number of nitrogens with one attached hydrogen (secondary N) is 1. The van der Waals surface area contributed by atoms with Gasteiger partial charge in [0.15, 0.2) is 6.61 Å². The van der Waals surface area contributed by atoms with Gasteiger partial charge in [-0.15, -0.1) is 0 Å². The summed E-state index contributed by atoms with van der Waals surface area (Å²) in [4.78, 5) is 10.3. The van der Waals surface area contributed by atoms with E-state index in [1.54, 1.807) is 0 Å². The molecule has 1 aromatic carbocycles. The van der Waals surface area contributed by atoms with Gasteiger partial charge in [0.25, 0.3) is 10.0 Å². The number of aliphatic carboxylic acids is 1. The van der Waals surface area contributed by atoms with Crippen LogP contribution in [0.1, 0.15) is 0 Å². The van der Waals surface area contributed by atoms with Crippen LogP contribution in [0.3, 0.4) is 0 Å². The third-order valence-corrected chi connectivity index (χ3v) is 3.58. The summed E-state index contributed by atoms with van der Waals surface area (Å²) >= 11 is 0. The predicted octanol–water partition coefficient (Wildman–Crippen LogP) is 0.939. The van der Waals surface area contributed by atoms with E-state index in [1.165, 1.54) is 30.5 Å². The fraction of sp³-hybridized carbons (Fsp3) is 0.0909. The number of carbonyl (C=O) groups is 1. The Morgan fingerprint density at radius 3 is 2.60 bits per heavy atom. The van der Waals surface area contributed by atoms with Gasteiger partial charge in [0.2, 0.25) is 0 Å². The Morgan fingerprint density at radius 2 is 2.05 bits per heavy atom. The Kier molecular flexibility index (Phi) is 3.89. The van der Waals surface area contributed by atoms with Crippen molar-refractivity contribution in [1.82, 2.24) is 5.16 Å². The van der Waals surface area contributed by atoms with Crippen molar-refractivity contribution in [1.29, 1.82) is 0 Å². The van der Waals surface area contributed by atoms with Gasteiger partial charge >= 0.3 is 5.97 Å². The van der Waals surface area contributed by atoms with Gasteiger partial charge in [0, 0.05) is 0 Å². The summed E-state index contributed by atoms with van der Waals surface area (Å²) < 4.78 is 35.6. The summed E-state index contributed by atoms with van der Waals surface area (Å²) in [6, 6.07) is 5.33. The van der Waals surface area contributed by atoms with Gasteiger partial charge in [-0.1, -0.05) is 5.16 Å². The molecule has 0 aliphatic rings. The molecule has 0 spiro atoms. The normalized spacial score (nSPS) is 11.0. The van der Waals surface area contributed by atoms with Crippen LogP contribution in [0.25, 0.3) is 0 Å². The van der Waals surface area contributed by atoms with Crippen molar-refractivity contribution in [2.75, 3.05) is 11.3 Å². The monoisotopic (exact) mass is 298 g/mol. The molecular formula is C11H10N2O6S. The second kappa shape index (κ2) is 5.61. The highest BCUT2D eigenvalue weighted by Crippen LogP contribution is 2.18. The lowest BCUT2D eigenvalue weighted by Gasteiger charge is -2.07. The van der Waals surface area contributed by atoms with Gasteiger partial charge in [-0.3, -0.25) is 4.72 Å². The highest BCUT2D eigenvalue weighted by Gasteiger charge is 2.15. The van der Waals surface area contributed by atoms with E-state index in [2.05, 4.69) is 14.4 Å². The van der Waals surface area contributed by atoms with Crippen LogP contribution in [0, 0.1) is 0 Å². The molecule has 1 heterocycles. The third-order valence-electron chi connectivity index (χ3n) is 2.18. The maximum absolute atomic E-state index is 12.0. The Hall–Kier alpha value is -2.55. The molecule has 0 saturated heterocycles. The van der Waals surface area contributed by atoms with E-state index in [0.29, 0.717) is 0 Å². The fourth-order valence-electron chi connectivity index (χ4n) is 1.33. The molecule has 8 nitrogen and oxygen atoms in total. The molecule has 2 rings (SSSR count). The van der Waals surface area contributed by atoms with Crippen molar-refractivity contribution in [3.05, 3.63) is 36.7 Å². The molecule has 0 amide bonds. The lowest BCUT2D eigenvalue weighted by atomic mass is 10.3. The number of anilines is 1. The lowest BCUT2D eigenvalue weighted by Crippen LogP contribution is -2.13. The van der Waals surface area contributed by atoms with Crippen LogP contribution in [-0.2, 0) is 14.8 Å². The zero-order chi connectivity index (χ0) is 14.6. The second-order valence-electron chi connectivity index (χ2n) is 3.67. The van der Waals surface area contributed by atoms with E-state index in [9.17, 15) is 13.2 Å². The molecule has 2 aromatic rings. The van der Waals surface area contributed by atoms with Crippen LogP contribution in [0.2, 0.25) is 0 Å². The van der Waals surface area contributed by atoms with E-state index in [0.717, 1.165) is 6.26 Å². The van der Waals surface area contributed by atoms with Gasteiger partial charge in [-0.2, -0.15) is 0 Å². The quantitative estimate of drug-likeness (QED) is 0.814. The van der Waals surface area contributed by atoms with Crippen molar-refractivity contribution in [2.45, 2.75) is 4.90 Å². The summed E-state index contributed by atoms with van der Waals surface area (Å²) in [5.74, 6) is -0.854. The fourth-order valence-corrected chi connectivity index (χ4v) is 2.35. The number of ether oxygens (including phenoxy) is 1. The summed E-state index contributed by atoms with van der Waals surface area (Å²) in [7, 11) is -3.75. The maximum Gasteiger partial charge on any atom is 0.341 e. The minimum Gasteiger partial charge on any atom is -0.482 e. The first-order valence-electron chi connectivity index (χ1n) is 5.34. The Balaban J connectivity index is 2.10. The van der Waals surface area contributed by atoms with Crippen molar-refractivity contribution in [3.63, 3.8) is 0 Å². The topological polar surface area (TPSA) is 119 Å². The number of aromatic nitrogens is 1. The van der Waals surface area contributed by atoms with Gasteiger partial charge in [-0.05, 0) is 24.3 Å². The highest BCUT2D eigenvalue weighted by atomic mass is 32.2. The van der Waals surface area contributed by atoms with Crippen LogP contribution in [0.5, 0.6) is 5.75 Å². The van der Waals surface area contributed by atoms with Crippen LogP contribution < -0.4 is 9.46 Å². The first-order chi connectivity index (χ1) is 9.47. The molecule has 0 aliphatic carbocycles. The van der Waals surface area contributed by atoms with E-state index in [1.807, 2.05) is 0 Å². The van der Waals surface area contributed by atoms with E-state index in [4.69, 9.17) is 9.84 Å². The molecule has 0 fully saturated rings. The Bertz CT molecular complexity index is 678. The summed E-state index contributed by atoms with van der Waals surface area (Å²) in [5.41, 5.74) is 0.205. The Morgan fingerprint density at radius 1 is 1.35 bits per heavy atom. The average molecular weight is 298 g/mol. The molecule has 20 heavy (non-hydrogen) atoms. The SMILES string of the molecule is O=C(O)COc1ccc(S(=O)(=O)Nc2cnoc2)cc1. The van der Waals surface area contributed by atoms with Crippen molar-refractivity contribution < 1.29 is 27.6 Å². The standard InChI is InChI=1S/C11H10N2O6S/c14-11(15)7-18-9-1-3-10(4-2-9)20(16,17)13-8-5-12-19-6-8/h1-6,13H,7H2,(H,14,15).